The molecule has 0 spiro atoms. The standard InChI is InChI=1S/C16H26N4O4S2/c1-4-7-18(3)26(23,24)19-8-5-13-14(19)11(2)15(22)20(13)16-17-12(6-9-21)10-25-16/h10-11,13-14,21H,4-9H2,1-3H3/t11-,13-,14+/m0/s1. The number of hydrogen-bond donors (Lipinski definition) is 1. The van der Waals surface area contributed by atoms with Crippen molar-refractivity contribution in [2.75, 3.05) is 31.6 Å². The Balaban J connectivity index is 1.88. The fourth-order valence-corrected chi connectivity index (χ4v) is 6.57. The molecule has 1 amide bonds. The highest BCUT2D eigenvalue weighted by Crippen LogP contribution is 2.41. The van der Waals surface area contributed by atoms with Crippen molar-refractivity contribution in [1.29, 1.82) is 0 Å². The summed E-state index contributed by atoms with van der Waals surface area (Å²) in [5.74, 6) is -0.486. The van der Waals surface area contributed by atoms with E-state index < -0.39 is 16.1 Å². The second-order valence-corrected chi connectivity index (χ2v) is 9.70. The zero-order valence-corrected chi connectivity index (χ0v) is 17.0. The molecule has 0 radical (unpaired) electrons. The Hall–Kier alpha value is -1.07. The van der Waals surface area contributed by atoms with Crippen LogP contribution in [0.3, 0.4) is 0 Å². The number of aliphatic hydroxyl groups excluding tert-OH is 1. The topological polar surface area (TPSA) is 94.1 Å². The van der Waals surface area contributed by atoms with Gasteiger partial charge in [0.2, 0.25) is 5.91 Å². The van der Waals surface area contributed by atoms with Crippen molar-refractivity contribution < 1.29 is 18.3 Å². The molecule has 26 heavy (non-hydrogen) atoms. The van der Waals surface area contributed by atoms with Crippen LogP contribution in [-0.4, -0.2) is 71.9 Å². The molecule has 1 N–H and O–H groups in total. The first kappa shape index (κ1) is 19.7. The summed E-state index contributed by atoms with van der Waals surface area (Å²) in [5.41, 5.74) is 0.751. The lowest BCUT2D eigenvalue weighted by atomic mass is 10.0. The minimum Gasteiger partial charge on any atom is -0.396 e. The molecule has 146 valence electrons. The van der Waals surface area contributed by atoms with Gasteiger partial charge in [0.15, 0.2) is 5.13 Å². The monoisotopic (exact) mass is 402 g/mol. The third kappa shape index (κ3) is 3.18. The molecule has 2 fully saturated rings. The van der Waals surface area contributed by atoms with Crippen LogP contribution < -0.4 is 4.90 Å². The number of carbonyl (C=O) groups excluding carboxylic acids is 1. The van der Waals surface area contributed by atoms with Crippen molar-refractivity contribution in [3.63, 3.8) is 0 Å². The Morgan fingerprint density at radius 3 is 2.85 bits per heavy atom. The molecule has 1 aromatic heterocycles. The molecule has 8 nitrogen and oxygen atoms in total. The molecule has 0 saturated carbocycles. The Labute approximate surface area is 158 Å². The van der Waals surface area contributed by atoms with Gasteiger partial charge < -0.3 is 5.11 Å². The average Bonchev–Trinajstić information content (AvgIpc) is 3.27. The van der Waals surface area contributed by atoms with E-state index in [2.05, 4.69) is 4.98 Å². The highest BCUT2D eigenvalue weighted by molar-refractivity contribution is 7.86. The summed E-state index contributed by atoms with van der Waals surface area (Å²) in [7, 11) is -1.99. The Kier molecular flexibility index (Phi) is 5.69. The normalized spacial score (nSPS) is 26.9. The first-order chi connectivity index (χ1) is 12.3. The van der Waals surface area contributed by atoms with Crippen molar-refractivity contribution in [2.45, 2.75) is 45.2 Å². The van der Waals surface area contributed by atoms with E-state index in [1.54, 1.807) is 18.9 Å². The molecule has 10 heteroatoms. The van der Waals surface area contributed by atoms with Gasteiger partial charge in [-0.3, -0.25) is 9.69 Å². The zero-order chi connectivity index (χ0) is 19.1. The van der Waals surface area contributed by atoms with Gasteiger partial charge in [-0.2, -0.15) is 17.0 Å². The van der Waals surface area contributed by atoms with Crippen molar-refractivity contribution >= 4 is 32.6 Å². The Morgan fingerprint density at radius 2 is 2.19 bits per heavy atom. The molecule has 1 aromatic rings. The van der Waals surface area contributed by atoms with Gasteiger partial charge in [0.1, 0.15) is 0 Å². The van der Waals surface area contributed by atoms with Gasteiger partial charge in [-0.25, -0.2) is 4.98 Å². The van der Waals surface area contributed by atoms with E-state index in [1.165, 1.54) is 19.9 Å². The quantitative estimate of drug-likeness (QED) is 0.724. The number of rotatable bonds is 7. The van der Waals surface area contributed by atoms with Crippen LogP contribution >= 0.6 is 11.3 Å². The summed E-state index contributed by atoms with van der Waals surface area (Å²) < 4.78 is 28.7. The largest absolute Gasteiger partial charge is 0.396 e. The molecule has 2 aliphatic rings. The fraction of sp³-hybridized carbons (Fsp3) is 0.750. The molecule has 3 rings (SSSR count). The van der Waals surface area contributed by atoms with E-state index >= 15 is 0 Å². The van der Waals surface area contributed by atoms with Crippen molar-refractivity contribution in [1.82, 2.24) is 13.6 Å². The lowest BCUT2D eigenvalue weighted by Gasteiger charge is -2.29. The minimum atomic E-state index is -3.58. The zero-order valence-electron chi connectivity index (χ0n) is 15.3. The van der Waals surface area contributed by atoms with Gasteiger partial charge in [-0.1, -0.05) is 13.8 Å². The maximum Gasteiger partial charge on any atom is 0.282 e. The molecule has 0 aromatic carbocycles. The van der Waals surface area contributed by atoms with Gasteiger partial charge in [0, 0.05) is 38.5 Å². The maximum atomic E-state index is 12.9. The molecule has 3 heterocycles. The molecule has 0 bridgehead atoms. The van der Waals surface area contributed by atoms with Crippen LogP contribution in [0.5, 0.6) is 0 Å². The number of aliphatic hydroxyl groups is 1. The molecule has 0 aliphatic carbocycles. The van der Waals surface area contributed by atoms with Crippen LogP contribution in [0.4, 0.5) is 5.13 Å². The van der Waals surface area contributed by atoms with Crippen LogP contribution in [0.2, 0.25) is 0 Å². The smallest absolute Gasteiger partial charge is 0.282 e. The lowest BCUT2D eigenvalue weighted by Crippen LogP contribution is -2.48. The average molecular weight is 403 g/mol. The number of nitrogens with zero attached hydrogens (tertiary/aromatic N) is 4. The maximum absolute atomic E-state index is 12.9. The van der Waals surface area contributed by atoms with Crippen molar-refractivity contribution in [3.05, 3.63) is 11.1 Å². The molecule has 0 unspecified atom stereocenters. The highest BCUT2D eigenvalue weighted by Gasteiger charge is 2.56. The van der Waals surface area contributed by atoms with Crippen LogP contribution in [0.1, 0.15) is 32.4 Å². The minimum absolute atomic E-state index is 0.00929. The van der Waals surface area contributed by atoms with Crippen molar-refractivity contribution in [3.8, 4) is 0 Å². The van der Waals surface area contributed by atoms with E-state index in [0.29, 0.717) is 31.1 Å². The summed E-state index contributed by atoms with van der Waals surface area (Å²) in [5, 5.41) is 11.5. The second kappa shape index (κ2) is 7.51. The molecule has 3 atom stereocenters. The third-order valence-corrected chi connectivity index (χ3v) is 8.06. The first-order valence-corrected chi connectivity index (χ1v) is 11.2. The van der Waals surface area contributed by atoms with Crippen molar-refractivity contribution in [2.24, 2.45) is 5.92 Å². The number of carbonyl (C=O) groups is 1. The SMILES string of the molecule is CCCN(C)S(=O)(=O)N1CC[C@H]2[C@H]1[C@H](C)C(=O)N2c1nc(CCO)cs1. The summed E-state index contributed by atoms with van der Waals surface area (Å²) in [6, 6.07) is -0.549. The van der Waals surface area contributed by atoms with Crippen LogP contribution in [0.25, 0.3) is 0 Å². The number of fused-ring (bicyclic) bond motifs is 1. The van der Waals surface area contributed by atoms with Crippen LogP contribution in [0, 0.1) is 5.92 Å². The number of aromatic nitrogens is 1. The van der Waals surface area contributed by atoms with E-state index in [-0.39, 0.29) is 24.6 Å². The highest BCUT2D eigenvalue weighted by atomic mass is 32.2. The number of amides is 1. The Morgan fingerprint density at radius 1 is 1.46 bits per heavy atom. The number of hydrogen-bond acceptors (Lipinski definition) is 6. The molecular formula is C16H26N4O4S2. The summed E-state index contributed by atoms with van der Waals surface area (Å²) in [4.78, 5) is 19.0. The Bertz CT molecular complexity index is 766. The van der Waals surface area contributed by atoms with Gasteiger partial charge in [0.05, 0.1) is 23.7 Å². The predicted octanol–water partition coefficient (Wildman–Crippen LogP) is 0.690. The van der Waals surface area contributed by atoms with Crippen LogP contribution in [0.15, 0.2) is 5.38 Å². The van der Waals surface area contributed by atoms with Gasteiger partial charge in [0.25, 0.3) is 10.2 Å². The predicted molar refractivity (Wildman–Crippen MR) is 100 cm³/mol. The third-order valence-electron chi connectivity index (χ3n) is 5.19. The molecule has 2 saturated heterocycles. The van der Waals surface area contributed by atoms with Gasteiger partial charge >= 0.3 is 0 Å². The summed E-state index contributed by atoms with van der Waals surface area (Å²) in [6.45, 7) is 4.62. The number of anilines is 1. The number of thiazole rings is 1. The van der Waals surface area contributed by atoms with E-state index in [9.17, 15) is 13.2 Å². The van der Waals surface area contributed by atoms with Gasteiger partial charge in [-0.05, 0) is 12.8 Å². The van der Waals surface area contributed by atoms with Gasteiger partial charge in [-0.15, -0.1) is 11.3 Å². The van der Waals surface area contributed by atoms with E-state index in [0.717, 1.165) is 12.1 Å². The van der Waals surface area contributed by atoms with E-state index in [4.69, 9.17) is 5.11 Å². The molecular weight excluding hydrogens is 376 g/mol. The summed E-state index contributed by atoms with van der Waals surface area (Å²) >= 11 is 1.37. The van der Waals surface area contributed by atoms with Crippen LogP contribution in [-0.2, 0) is 21.4 Å². The van der Waals surface area contributed by atoms with E-state index in [1.807, 2.05) is 12.3 Å². The molecule has 2 aliphatic heterocycles. The lowest BCUT2D eigenvalue weighted by molar-refractivity contribution is -0.120. The fourth-order valence-electron chi connectivity index (χ4n) is 3.92. The summed E-state index contributed by atoms with van der Waals surface area (Å²) in [6.07, 6.45) is 1.80. The first-order valence-electron chi connectivity index (χ1n) is 8.94. The second-order valence-electron chi connectivity index (χ2n) is 6.88.